The van der Waals surface area contributed by atoms with Crippen LogP contribution in [0, 0.1) is 0 Å². The van der Waals surface area contributed by atoms with Crippen molar-refractivity contribution in [1.82, 2.24) is 14.9 Å². The molecule has 2 aromatic carbocycles. The molecule has 0 unspecified atom stereocenters. The first-order valence-corrected chi connectivity index (χ1v) is 14.1. The minimum atomic E-state index is -5.08. The number of ether oxygens (including phenoxy) is 2. The van der Waals surface area contributed by atoms with Crippen molar-refractivity contribution < 1.29 is 42.1 Å². The molecule has 3 aromatic rings. The van der Waals surface area contributed by atoms with E-state index in [4.69, 9.17) is 42.6 Å². The number of carboxylic acid groups (broad SMARTS) is 1. The van der Waals surface area contributed by atoms with Crippen molar-refractivity contribution in [3.63, 3.8) is 0 Å². The molecule has 47 heavy (non-hydrogen) atoms. The van der Waals surface area contributed by atoms with Gasteiger partial charge in [0.2, 0.25) is 5.91 Å². The Bertz CT molecular complexity index is 1550. The minimum Gasteiger partial charge on any atom is -0.495 e. The lowest BCUT2D eigenvalue weighted by Crippen LogP contribution is -2.37. The quantitative estimate of drug-likeness (QED) is 0.158. The Kier molecular flexibility index (Phi) is 14.5. The van der Waals surface area contributed by atoms with E-state index in [1.54, 1.807) is 24.3 Å². The zero-order valence-corrected chi connectivity index (χ0v) is 27.1. The lowest BCUT2D eigenvalue weighted by Gasteiger charge is -2.24. The first-order valence-electron chi connectivity index (χ1n) is 13.4. The van der Waals surface area contributed by atoms with Crippen LogP contribution in [0.3, 0.4) is 0 Å². The number of hydrogen-bond acceptors (Lipinski definition) is 9. The van der Waals surface area contributed by atoms with E-state index < -0.39 is 18.2 Å². The number of aliphatic carboxylic acids is 1. The molecule has 254 valence electrons. The summed E-state index contributed by atoms with van der Waals surface area (Å²) in [6.45, 7) is 4.53. The van der Waals surface area contributed by atoms with Crippen molar-refractivity contribution >= 4 is 69.8 Å². The largest absolute Gasteiger partial charge is 0.495 e. The van der Waals surface area contributed by atoms with Crippen LogP contribution in [-0.4, -0.2) is 85.5 Å². The van der Waals surface area contributed by atoms with Crippen LogP contribution in [0.5, 0.6) is 11.5 Å². The van der Waals surface area contributed by atoms with E-state index in [1.807, 2.05) is 25.1 Å². The predicted molar refractivity (Wildman–Crippen MR) is 173 cm³/mol. The number of alkyl halides is 3. The standard InChI is InChI=1S/C27H31Cl2N7O4.C2HF3O2/c1-6-23(37)33-18-11-8-7-10-17(18)32-21-15-22(31-16-30-21)36(13-9-12-35(2)3)27(38)34-26-24(28)19(39-4)14-20(40-5)25(26)29;3-2(4,5)1(6)7/h6-8,10-11,14-16H,1,9,12-13H2,2-5H3,(H,33,37)(H,34,38)(H,30,31,32);(H,6,7). The zero-order chi connectivity index (χ0) is 35.3. The van der Waals surface area contributed by atoms with Crippen LogP contribution >= 0.6 is 23.2 Å². The Balaban J connectivity index is 0.000000984. The molecule has 3 rings (SSSR count). The summed E-state index contributed by atoms with van der Waals surface area (Å²) in [7, 11) is 6.79. The summed E-state index contributed by atoms with van der Waals surface area (Å²) in [6, 6.07) is 9.75. The van der Waals surface area contributed by atoms with Gasteiger partial charge in [0.05, 0.1) is 31.3 Å². The summed E-state index contributed by atoms with van der Waals surface area (Å²) in [6.07, 6.45) is -1.92. The number of urea groups is 1. The molecule has 0 atom stereocenters. The van der Waals surface area contributed by atoms with Crippen molar-refractivity contribution in [2.24, 2.45) is 0 Å². The number of benzene rings is 2. The first-order chi connectivity index (χ1) is 22.1. The molecule has 18 heteroatoms. The molecular weight excluding hydrogens is 670 g/mol. The number of rotatable bonds is 12. The second-order valence-electron chi connectivity index (χ2n) is 9.45. The van der Waals surface area contributed by atoms with Crippen molar-refractivity contribution in [2.45, 2.75) is 12.6 Å². The van der Waals surface area contributed by atoms with Gasteiger partial charge in [-0.15, -0.1) is 0 Å². The van der Waals surface area contributed by atoms with Gasteiger partial charge in [-0.2, -0.15) is 13.2 Å². The molecule has 0 spiro atoms. The number of carbonyl (C=O) groups excluding carboxylic acids is 2. The van der Waals surface area contributed by atoms with E-state index in [0.717, 1.165) is 6.54 Å². The Labute approximate surface area is 278 Å². The lowest BCUT2D eigenvalue weighted by molar-refractivity contribution is -0.192. The summed E-state index contributed by atoms with van der Waals surface area (Å²) >= 11 is 13.0. The second kappa shape index (κ2) is 17.8. The number of anilines is 5. The number of methoxy groups -OCH3 is 2. The molecule has 0 radical (unpaired) electrons. The van der Waals surface area contributed by atoms with Crippen LogP contribution in [0.4, 0.5) is 46.7 Å². The van der Waals surface area contributed by atoms with Crippen LogP contribution in [0.1, 0.15) is 6.42 Å². The van der Waals surface area contributed by atoms with E-state index in [1.165, 1.54) is 37.6 Å². The fourth-order valence-electron chi connectivity index (χ4n) is 3.62. The number of halogens is 5. The average molecular weight is 703 g/mol. The molecule has 0 bridgehead atoms. The molecule has 1 heterocycles. The van der Waals surface area contributed by atoms with E-state index >= 15 is 0 Å². The smallest absolute Gasteiger partial charge is 0.490 e. The van der Waals surface area contributed by atoms with Crippen molar-refractivity contribution in [1.29, 1.82) is 0 Å². The second-order valence-corrected chi connectivity index (χ2v) is 10.2. The Morgan fingerprint density at radius 1 is 0.979 bits per heavy atom. The summed E-state index contributed by atoms with van der Waals surface area (Å²) in [5, 5.41) is 16.1. The van der Waals surface area contributed by atoms with Gasteiger partial charge in [-0.3, -0.25) is 9.69 Å². The van der Waals surface area contributed by atoms with Gasteiger partial charge in [-0.05, 0) is 45.3 Å². The number of aromatic nitrogens is 2. The molecule has 0 fully saturated rings. The number of para-hydroxylation sites is 2. The van der Waals surface area contributed by atoms with Gasteiger partial charge in [-0.1, -0.05) is 41.9 Å². The number of carbonyl (C=O) groups is 3. The Morgan fingerprint density at radius 3 is 2.06 bits per heavy atom. The Morgan fingerprint density at radius 2 is 1.55 bits per heavy atom. The van der Waals surface area contributed by atoms with Crippen LogP contribution < -0.4 is 30.3 Å². The van der Waals surface area contributed by atoms with E-state index in [2.05, 4.69) is 32.5 Å². The highest BCUT2D eigenvalue weighted by molar-refractivity contribution is 6.41. The number of nitrogens with zero attached hydrogens (tertiary/aromatic N) is 4. The van der Waals surface area contributed by atoms with Gasteiger partial charge >= 0.3 is 18.2 Å². The monoisotopic (exact) mass is 701 g/mol. The maximum absolute atomic E-state index is 13.6. The van der Waals surface area contributed by atoms with Crippen LogP contribution in [0.2, 0.25) is 10.0 Å². The minimum absolute atomic E-state index is 0.123. The maximum atomic E-state index is 13.6. The zero-order valence-electron chi connectivity index (χ0n) is 25.6. The lowest BCUT2D eigenvalue weighted by atomic mass is 10.2. The van der Waals surface area contributed by atoms with E-state index in [9.17, 15) is 22.8 Å². The fourth-order valence-corrected chi connectivity index (χ4v) is 4.22. The average Bonchev–Trinajstić information content (AvgIpc) is 3.02. The molecule has 0 aliphatic heterocycles. The molecule has 0 saturated heterocycles. The topological polar surface area (TPSA) is 158 Å². The molecule has 0 aliphatic carbocycles. The molecular formula is C29H32Cl2F3N7O6. The SMILES string of the molecule is C=CC(=O)Nc1ccccc1Nc1cc(N(CCCN(C)C)C(=O)Nc2c(Cl)c(OC)cc(OC)c2Cl)ncn1.O=C(O)C(F)(F)F. The van der Waals surface area contributed by atoms with Gasteiger partial charge in [0.15, 0.2) is 0 Å². The van der Waals surface area contributed by atoms with Crippen molar-refractivity contribution in [3.8, 4) is 11.5 Å². The summed E-state index contributed by atoms with van der Waals surface area (Å²) in [5.74, 6) is -1.82. The van der Waals surface area contributed by atoms with Gasteiger partial charge in [0.1, 0.15) is 39.5 Å². The highest BCUT2D eigenvalue weighted by atomic mass is 35.5. The number of amides is 3. The fraction of sp³-hybridized carbons (Fsp3) is 0.276. The van der Waals surface area contributed by atoms with Gasteiger partial charge in [0.25, 0.3) is 0 Å². The summed E-state index contributed by atoms with van der Waals surface area (Å²) in [5.41, 5.74) is 1.26. The molecule has 3 amide bonds. The predicted octanol–water partition coefficient (Wildman–Crippen LogP) is 6.29. The van der Waals surface area contributed by atoms with Crippen molar-refractivity contribution in [2.75, 3.05) is 62.3 Å². The number of nitrogens with one attached hydrogen (secondary N) is 3. The molecule has 1 aromatic heterocycles. The summed E-state index contributed by atoms with van der Waals surface area (Å²) in [4.78, 5) is 46.5. The summed E-state index contributed by atoms with van der Waals surface area (Å²) < 4.78 is 42.4. The third-order valence-electron chi connectivity index (χ3n) is 5.84. The van der Waals surface area contributed by atoms with Crippen LogP contribution in [-0.2, 0) is 9.59 Å². The third-order valence-corrected chi connectivity index (χ3v) is 6.59. The molecule has 13 nitrogen and oxygen atoms in total. The van der Waals surface area contributed by atoms with Gasteiger partial charge < -0.3 is 35.4 Å². The normalized spacial score (nSPS) is 10.7. The molecule has 0 saturated carbocycles. The van der Waals surface area contributed by atoms with Crippen molar-refractivity contribution in [3.05, 3.63) is 65.4 Å². The van der Waals surface area contributed by atoms with E-state index in [0.29, 0.717) is 36.0 Å². The molecule has 0 aliphatic rings. The maximum Gasteiger partial charge on any atom is 0.490 e. The highest BCUT2D eigenvalue weighted by Crippen LogP contribution is 2.44. The first kappa shape index (κ1) is 38.4. The number of hydrogen-bond donors (Lipinski definition) is 4. The Hall–Kier alpha value is -4.80. The number of carboxylic acids is 1. The van der Waals surface area contributed by atoms with E-state index in [-0.39, 0.29) is 33.1 Å². The van der Waals surface area contributed by atoms with Gasteiger partial charge in [0, 0.05) is 18.7 Å². The van der Waals surface area contributed by atoms with Gasteiger partial charge in [-0.25, -0.2) is 19.6 Å². The van der Waals surface area contributed by atoms with Crippen LogP contribution in [0.15, 0.2) is 55.4 Å². The molecule has 4 N–H and O–H groups in total. The van der Waals surface area contributed by atoms with Crippen LogP contribution in [0.25, 0.3) is 0 Å². The third kappa shape index (κ3) is 11.5. The highest BCUT2D eigenvalue weighted by Gasteiger charge is 2.38.